The van der Waals surface area contributed by atoms with E-state index in [1.54, 1.807) is 24.4 Å². The maximum atomic E-state index is 12.4. The van der Waals surface area contributed by atoms with Gasteiger partial charge >= 0.3 is 6.09 Å². The summed E-state index contributed by atoms with van der Waals surface area (Å²) in [6, 6.07) is 17.6. The number of benzene rings is 1. The van der Waals surface area contributed by atoms with Crippen molar-refractivity contribution in [3.05, 3.63) is 82.3 Å². The molecule has 2 aromatic heterocycles. The maximum absolute atomic E-state index is 12.4. The first-order chi connectivity index (χ1) is 11.7. The van der Waals surface area contributed by atoms with Gasteiger partial charge in [0.25, 0.3) is 5.56 Å². The second-order valence-electron chi connectivity index (χ2n) is 5.03. The molecule has 6 nitrogen and oxygen atoms in total. The molecular formula is C18H13N3O3. The van der Waals surface area contributed by atoms with Crippen molar-refractivity contribution in [1.29, 1.82) is 5.26 Å². The van der Waals surface area contributed by atoms with Gasteiger partial charge in [0, 0.05) is 6.20 Å². The average molecular weight is 319 g/mol. The van der Waals surface area contributed by atoms with Gasteiger partial charge in [-0.2, -0.15) is 5.26 Å². The first kappa shape index (κ1) is 15.3. The van der Waals surface area contributed by atoms with Crippen LogP contribution in [0.1, 0.15) is 11.1 Å². The van der Waals surface area contributed by atoms with Crippen LogP contribution in [0, 0.1) is 11.3 Å². The van der Waals surface area contributed by atoms with E-state index in [2.05, 4.69) is 5.32 Å². The highest BCUT2D eigenvalue weighted by Gasteiger charge is 2.12. The molecule has 3 rings (SSSR count). The van der Waals surface area contributed by atoms with Gasteiger partial charge in [0.05, 0.1) is 11.1 Å². The summed E-state index contributed by atoms with van der Waals surface area (Å²) in [6.07, 6.45) is 0.787. The zero-order valence-corrected chi connectivity index (χ0v) is 12.6. The lowest BCUT2D eigenvalue weighted by Crippen LogP contribution is -2.23. The second kappa shape index (κ2) is 6.67. The lowest BCUT2D eigenvalue weighted by molar-refractivity contribution is 0.155. The monoisotopic (exact) mass is 319 g/mol. The molecule has 6 heteroatoms. The van der Waals surface area contributed by atoms with Crippen LogP contribution in [-0.4, -0.2) is 10.5 Å². The fourth-order valence-electron chi connectivity index (χ4n) is 2.30. The molecule has 0 spiro atoms. The first-order valence-electron chi connectivity index (χ1n) is 7.21. The molecule has 1 amide bonds. The van der Waals surface area contributed by atoms with E-state index in [1.807, 2.05) is 36.4 Å². The predicted octanol–water partition coefficient (Wildman–Crippen LogP) is 2.92. The third-order valence-corrected chi connectivity index (χ3v) is 3.44. The Hall–Kier alpha value is -3.59. The number of hydrogen-bond donors (Lipinski definition) is 1. The molecule has 0 fully saturated rings. The molecule has 3 aromatic rings. The molecule has 0 bridgehead atoms. The molecule has 118 valence electrons. The van der Waals surface area contributed by atoms with Gasteiger partial charge in [-0.25, -0.2) is 4.79 Å². The highest BCUT2D eigenvalue weighted by Crippen LogP contribution is 2.12. The summed E-state index contributed by atoms with van der Waals surface area (Å²) in [5, 5.41) is 11.6. The Labute approximate surface area is 137 Å². The molecule has 24 heavy (non-hydrogen) atoms. The largest absolute Gasteiger partial charge is 0.444 e. The standard InChI is InChI=1S/C18H13N3O3/c19-11-14-10-15(17(22)21-9-5-4-8-16(14)21)20-18(23)24-12-13-6-2-1-3-7-13/h1-10H,12H2,(H,20,23). The van der Waals surface area contributed by atoms with Gasteiger partial charge in [0.15, 0.2) is 0 Å². The number of carbonyl (C=O) groups is 1. The quantitative estimate of drug-likeness (QED) is 0.804. The normalized spacial score (nSPS) is 10.1. The third kappa shape index (κ3) is 3.10. The molecule has 0 aliphatic rings. The SMILES string of the molecule is N#Cc1cc(NC(=O)OCc2ccccc2)c(=O)n2ccccc12. The summed E-state index contributed by atoms with van der Waals surface area (Å²) in [6.45, 7) is 0.0900. The summed E-state index contributed by atoms with van der Waals surface area (Å²) in [4.78, 5) is 24.3. The first-order valence-corrected chi connectivity index (χ1v) is 7.21. The Morgan fingerprint density at radius 2 is 1.92 bits per heavy atom. The van der Waals surface area contributed by atoms with E-state index in [0.29, 0.717) is 5.52 Å². The summed E-state index contributed by atoms with van der Waals surface area (Å²) < 4.78 is 6.40. The second-order valence-corrected chi connectivity index (χ2v) is 5.03. The minimum Gasteiger partial charge on any atom is -0.444 e. The number of anilines is 1. The van der Waals surface area contributed by atoms with Crippen LogP contribution in [0.2, 0.25) is 0 Å². The number of fused-ring (bicyclic) bond motifs is 1. The number of pyridine rings is 2. The van der Waals surface area contributed by atoms with Crippen molar-refractivity contribution in [3.63, 3.8) is 0 Å². The van der Waals surface area contributed by atoms with E-state index >= 15 is 0 Å². The van der Waals surface area contributed by atoms with Crippen LogP contribution >= 0.6 is 0 Å². The van der Waals surface area contributed by atoms with Gasteiger partial charge < -0.3 is 4.74 Å². The molecule has 0 atom stereocenters. The van der Waals surface area contributed by atoms with Crippen LogP contribution < -0.4 is 10.9 Å². The van der Waals surface area contributed by atoms with Crippen molar-refractivity contribution in [3.8, 4) is 6.07 Å². The number of carbonyl (C=O) groups excluding carboxylic acids is 1. The predicted molar refractivity (Wildman–Crippen MR) is 88.6 cm³/mol. The molecule has 2 heterocycles. The number of nitriles is 1. The zero-order valence-electron chi connectivity index (χ0n) is 12.6. The van der Waals surface area contributed by atoms with E-state index in [9.17, 15) is 14.9 Å². The summed E-state index contributed by atoms with van der Waals surface area (Å²) in [5.41, 5.74) is 1.16. The fraction of sp³-hybridized carbons (Fsp3) is 0.0556. The van der Waals surface area contributed by atoms with Gasteiger partial charge in [0.1, 0.15) is 18.4 Å². The van der Waals surface area contributed by atoms with Crippen LogP contribution in [0.5, 0.6) is 0 Å². The maximum Gasteiger partial charge on any atom is 0.412 e. The number of amides is 1. The topological polar surface area (TPSA) is 83.6 Å². The zero-order chi connectivity index (χ0) is 16.9. The van der Waals surface area contributed by atoms with Gasteiger partial charge in [-0.3, -0.25) is 14.5 Å². The molecule has 0 saturated carbocycles. The Morgan fingerprint density at radius 3 is 2.67 bits per heavy atom. The summed E-state index contributed by atoms with van der Waals surface area (Å²) >= 11 is 0. The highest BCUT2D eigenvalue weighted by molar-refractivity contribution is 5.85. The van der Waals surface area contributed by atoms with Gasteiger partial charge in [-0.15, -0.1) is 0 Å². The summed E-state index contributed by atoms with van der Waals surface area (Å²) in [7, 11) is 0. The van der Waals surface area contributed by atoms with Crippen molar-refractivity contribution in [2.24, 2.45) is 0 Å². The number of nitrogens with zero attached hydrogens (tertiary/aromatic N) is 2. The molecule has 0 aliphatic carbocycles. The van der Waals surface area contributed by atoms with Crippen LogP contribution in [0.4, 0.5) is 10.5 Å². The number of hydrogen-bond acceptors (Lipinski definition) is 4. The Kier molecular flexibility index (Phi) is 4.25. The molecule has 0 saturated heterocycles. The van der Waals surface area contributed by atoms with E-state index in [1.165, 1.54) is 10.5 Å². The van der Waals surface area contributed by atoms with Crippen LogP contribution in [0.3, 0.4) is 0 Å². The van der Waals surface area contributed by atoms with E-state index < -0.39 is 11.7 Å². The molecule has 1 N–H and O–H groups in total. The van der Waals surface area contributed by atoms with Gasteiger partial charge in [-0.1, -0.05) is 36.4 Å². The van der Waals surface area contributed by atoms with Crippen molar-refractivity contribution < 1.29 is 9.53 Å². The van der Waals surface area contributed by atoms with Crippen molar-refractivity contribution in [1.82, 2.24) is 4.40 Å². The number of rotatable bonds is 3. The highest BCUT2D eigenvalue weighted by atomic mass is 16.5. The molecule has 0 unspecified atom stereocenters. The Balaban J connectivity index is 1.82. The van der Waals surface area contributed by atoms with E-state index in [4.69, 9.17) is 4.74 Å². The van der Waals surface area contributed by atoms with Crippen LogP contribution in [-0.2, 0) is 11.3 Å². The van der Waals surface area contributed by atoms with Crippen molar-refractivity contribution >= 4 is 17.3 Å². The molecule has 0 aliphatic heterocycles. The van der Waals surface area contributed by atoms with Crippen molar-refractivity contribution in [2.75, 3.05) is 5.32 Å². The Morgan fingerprint density at radius 1 is 1.17 bits per heavy atom. The van der Waals surface area contributed by atoms with E-state index in [-0.39, 0.29) is 17.9 Å². The third-order valence-electron chi connectivity index (χ3n) is 3.44. The number of nitrogens with one attached hydrogen (secondary N) is 1. The smallest absolute Gasteiger partial charge is 0.412 e. The number of aromatic nitrogens is 1. The lowest BCUT2D eigenvalue weighted by Gasteiger charge is -2.09. The molecule has 1 aromatic carbocycles. The fourth-order valence-corrected chi connectivity index (χ4v) is 2.30. The van der Waals surface area contributed by atoms with Crippen molar-refractivity contribution in [2.45, 2.75) is 6.61 Å². The number of ether oxygens (including phenoxy) is 1. The van der Waals surface area contributed by atoms with Gasteiger partial charge in [0.2, 0.25) is 0 Å². The Bertz CT molecular complexity index is 988. The van der Waals surface area contributed by atoms with Gasteiger partial charge in [-0.05, 0) is 23.8 Å². The minimum atomic E-state index is -0.754. The van der Waals surface area contributed by atoms with E-state index in [0.717, 1.165) is 5.56 Å². The van der Waals surface area contributed by atoms with Crippen LogP contribution in [0.25, 0.3) is 5.52 Å². The lowest BCUT2D eigenvalue weighted by atomic mass is 10.2. The van der Waals surface area contributed by atoms with Crippen LogP contribution in [0.15, 0.2) is 65.6 Å². The minimum absolute atomic E-state index is 0.00619. The molecular weight excluding hydrogens is 306 g/mol. The molecule has 0 radical (unpaired) electrons. The average Bonchev–Trinajstić information content (AvgIpc) is 2.63. The summed E-state index contributed by atoms with van der Waals surface area (Å²) in [5.74, 6) is 0.